The molecule has 0 aromatic carbocycles. The Morgan fingerprint density at radius 2 is 2.22 bits per heavy atom. The van der Waals surface area contributed by atoms with E-state index in [9.17, 15) is 14.4 Å². The van der Waals surface area contributed by atoms with Crippen LogP contribution in [-0.4, -0.2) is 38.9 Å². The lowest BCUT2D eigenvalue weighted by molar-refractivity contribution is -0.130. The van der Waals surface area contributed by atoms with Crippen molar-refractivity contribution < 1.29 is 4.79 Å². The Labute approximate surface area is 108 Å². The number of rotatable bonds is 5. The first-order valence-electron chi connectivity index (χ1n) is 5.22. The number of hydrogen-bond acceptors (Lipinski definition) is 4. The SMILES string of the molecule is CN(CCC(N)=S)C(=O)Cn1ccc(=O)[nH]c1=O. The number of carbonyl (C=O) groups is 1. The smallest absolute Gasteiger partial charge is 0.328 e. The molecule has 0 spiro atoms. The topological polar surface area (TPSA) is 101 Å². The number of nitrogens with two attached hydrogens (primary N) is 1. The number of nitrogens with one attached hydrogen (secondary N) is 1. The van der Waals surface area contributed by atoms with Crippen LogP contribution in [0.2, 0.25) is 0 Å². The van der Waals surface area contributed by atoms with Crippen molar-refractivity contribution in [3.05, 3.63) is 33.1 Å². The van der Waals surface area contributed by atoms with Gasteiger partial charge in [-0.2, -0.15) is 0 Å². The van der Waals surface area contributed by atoms with E-state index in [0.29, 0.717) is 18.0 Å². The monoisotopic (exact) mass is 270 g/mol. The van der Waals surface area contributed by atoms with Crippen LogP contribution in [0.1, 0.15) is 6.42 Å². The van der Waals surface area contributed by atoms with Crippen LogP contribution in [0.15, 0.2) is 21.9 Å². The first-order valence-corrected chi connectivity index (χ1v) is 5.63. The summed E-state index contributed by atoms with van der Waals surface area (Å²) in [7, 11) is 1.59. The van der Waals surface area contributed by atoms with E-state index in [1.54, 1.807) is 7.05 Å². The van der Waals surface area contributed by atoms with Crippen LogP contribution >= 0.6 is 12.2 Å². The fraction of sp³-hybridized carbons (Fsp3) is 0.400. The standard InChI is InChI=1S/C10H14N4O3S/c1-13(4-2-7(11)18)9(16)6-14-5-3-8(15)12-10(14)17/h3,5H,2,4,6H2,1H3,(H2,11,18)(H,12,15,17). The second-order valence-corrected chi connectivity index (χ2v) is 4.29. The number of amides is 1. The van der Waals surface area contributed by atoms with Gasteiger partial charge in [0.15, 0.2) is 0 Å². The van der Waals surface area contributed by atoms with Gasteiger partial charge in [0.25, 0.3) is 5.56 Å². The zero-order chi connectivity index (χ0) is 13.7. The van der Waals surface area contributed by atoms with Crippen LogP contribution in [0, 0.1) is 0 Å². The Balaban J connectivity index is 2.66. The van der Waals surface area contributed by atoms with Gasteiger partial charge in [-0.15, -0.1) is 0 Å². The third kappa shape index (κ3) is 4.13. The van der Waals surface area contributed by atoms with Crippen LogP contribution in [-0.2, 0) is 11.3 Å². The first kappa shape index (κ1) is 14.1. The second kappa shape index (κ2) is 6.10. The van der Waals surface area contributed by atoms with Crippen molar-refractivity contribution in [2.75, 3.05) is 13.6 Å². The maximum Gasteiger partial charge on any atom is 0.328 e. The van der Waals surface area contributed by atoms with Gasteiger partial charge in [-0.05, 0) is 0 Å². The van der Waals surface area contributed by atoms with Crippen molar-refractivity contribution >= 4 is 23.1 Å². The van der Waals surface area contributed by atoms with Gasteiger partial charge >= 0.3 is 5.69 Å². The summed E-state index contributed by atoms with van der Waals surface area (Å²) in [4.78, 5) is 37.8. The summed E-state index contributed by atoms with van der Waals surface area (Å²) in [5.74, 6) is -0.264. The second-order valence-electron chi connectivity index (χ2n) is 3.77. The Morgan fingerprint density at radius 1 is 1.56 bits per heavy atom. The van der Waals surface area contributed by atoms with Crippen molar-refractivity contribution in [3.8, 4) is 0 Å². The molecule has 7 nitrogen and oxygen atoms in total. The molecule has 0 aliphatic carbocycles. The van der Waals surface area contributed by atoms with Gasteiger partial charge in [-0.25, -0.2) is 4.79 Å². The zero-order valence-corrected chi connectivity index (χ0v) is 10.7. The van der Waals surface area contributed by atoms with Crippen LogP contribution < -0.4 is 17.0 Å². The summed E-state index contributed by atoms with van der Waals surface area (Å²) in [5, 5.41) is 0. The van der Waals surface area contributed by atoms with E-state index in [2.05, 4.69) is 4.98 Å². The number of nitrogens with zero attached hydrogens (tertiary/aromatic N) is 2. The Kier molecular flexibility index (Phi) is 4.78. The number of aromatic amines is 1. The van der Waals surface area contributed by atoms with Crippen molar-refractivity contribution in [2.45, 2.75) is 13.0 Å². The van der Waals surface area contributed by atoms with Crippen molar-refractivity contribution in [1.29, 1.82) is 0 Å². The molecule has 98 valence electrons. The molecule has 1 aromatic rings. The first-order chi connectivity index (χ1) is 8.40. The zero-order valence-electron chi connectivity index (χ0n) is 9.88. The van der Waals surface area contributed by atoms with Crippen LogP contribution in [0.25, 0.3) is 0 Å². The van der Waals surface area contributed by atoms with Crippen molar-refractivity contribution in [3.63, 3.8) is 0 Å². The molecule has 0 aliphatic heterocycles. The molecule has 0 saturated heterocycles. The summed E-state index contributed by atoms with van der Waals surface area (Å²) < 4.78 is 1.13. The average Bonchev–Trinajstić information content (AvgIpc) is 2.29. The van der Waals surface area contributed by atoms with Crippen LogP contribution in [0.4, 0.5) is 0 Å². The summed E-state index contributed by atoms with van der Waals surface area (Å²) in [5.41, 5.74) is 4.23. The number of likely N-dealkylation sites (N-methyl/N-ethyl adjacent to an activating group) is 1. The minimum Gasteiger partial charge on any atom is -0.393 e. The highest BCUT2D eigenvalue weighted by molar-refractivity contribution is 7.80. The molecule has 8 heteroatoms. The molecular formula is C10H14N4O3S. The summed E-state index contributed by atoms with van der Waals surface area (Å²) in [6.45, 7) is 0.260. The maximum absolute atomic E-state index is 11.8. The molecule has 0 atom stereocenters. The molecule has 0 fully saturated rings. The molecule has 0 unspecified atom stereocenters. The van der Waals surface area contributed by atoms with E-state index in [0.717, 1.165) is 4.57 Å². The van der Waals surface area contributed by atoms with Crippen LogP contribution in [0.3, 0.4) is 0 Å². The molecule has 1 aromatic heterocycles. The van der Waals surface area contributed by atoms with E-state index >= 15 is 0 Å². The highest BCUT2D eigenvalue weighted by Gasteiger charge is 2.10. The van der Waals surface area contributed by atoms with E-state index < -0.39 is 11.2 Å². The fourth-order valence-corrected chi connectivity index (χ4v) is 1.33. The lowest BCUT2D eigenvalue weighted by atomic mass is 10.4. The van der Waals surface area contributed by atoms with Gasteiger partial charge in [0.2, 0.25) is 5.91 Å². The van der Waals surface area contributed by atoms with E-state index in [4.69, 9.17) is 18.0 Å². The minimum absolute atomic E-state index is 0.135. The molecule has 1 amide bonds. The molecule has 0 saturated carbocycles. The number of thiocarbonyl (C=S) groups is 1. The minimum atomic E-state index is -0.612. The molecule has 1 rings (SSSR count). The van der Waals surface area contributed by atoms with Crippen molar-refractivity contribution in [2.24, 2.45) is 5.73 Å². The lowest BCUT2D eigenvalue weighted by Crippen LogP contribution is -2.37. The van der Waals surface area contributed by atoms with Crippen LogP contribution in [0.5, 0.6) is 0 Å². The average molecular weight is 270 g/mol. The number of carbonyl (C=O) groups excluding carboxylic acids is 1. The molecule has 1 heterocycles. The number of aromatic nitrogens is 2. The Hall–Kier alpha value is -1.96. The number of hydrogen-bond donors (Lipinski definition) is 2. The van der Waals surface area contributed by atoms with Gasteiger partial charge < -0.3 is 10.6 Å². The third-order valence-electron chi connectivity index (χ3n) is 2.32. The molecule has 0 radical (unpaired) electrons. The fourth-order valence-electron chi connectivity index (χ4n) is 1.24. The molecule has 0 bridgehead atoms. The Morgan fingerprint density at radius 3 is 2.78 bits per heavy atom. The Bertz CT molecular complexity index is 563. The molecular weight excluding hydrogens is 256 g/mol. The highest BCUT2D eigenvalue weighted by atomic mass is 32.1. The predicted molar refractivity (Wildman–Crippen MR) is 70.4 cm³/mol. The van der Waals surface area contributed by atoms with Crippen molar-refractivity contribution in [1.82, 2.24) is 14.5 Å². The summed E-state index contributed by atoms with van der Waals surface area (Å²) >= 11 is 4.71. The number of H-pyrrole nitrogens is 1. The van der Waals surface area contributed by atoms with E-state index in [1.807, 2.05) is 0 Å². The van der Waals surface area contributed by atoms with E-state index in [1.165, 1.54) is 17.2 Å². The highest BCUT2D eigenvalue weighted by Crippen LogP contribution is 1.91. The molecule has 0 aliphatic rings. The summed E-state index contributed by atoms with van der Waals surface area (Å²) in [6, 6.07) is 1.18. The largest absolute Gasteiger partial charge is 0.393 e. The predicted octanol–water partition coefficient (Wildman–Crippen LogP) is -1.33. The summed E-state index contributed by atoms with van der Waals surface area (Å²) in [6.07, 6.45) is 1.71. The van der Waals surface area contributed by atoms with Gasteiger partial charge in [0.05, 0.1) is 4.99 Å². The molecule has 18 heavy (non-hydrogen) atoms. The van der Waals surface area contributed by atoms with E-state index in [-0.39, 0.29) is 12.5 Å². The normalized spacial score (nSPS) is 10.1. The maximum atomic E-state index is 11.8. The van der Waals surface area contributed by atoms with Gasteiger partial charge in [0.1, 0.15) is 6.54 Å². The quantitative estimate of drug-likeness (QED) is 0.646. The lowest BCUT2D eigenvalue weighted by Gasteiger charge is -2.17. The van der Waals surface area contributed by atoms with Gasteiger partial charge in [0, 0.05) is 32.3 Å². The van der Waals surface area contributed by atoms with Gasteiger partial charge in [-0.3, -0.25) is 19.1 Å². The molecule has 3 N–H and O–H groups in total. The third-order valence-corrected chi connectivity index (χ3v) is 2.53. The van der Waals surface area contributed by atoms with Gasteiger partial charge in [-0.1, -0.05) is 12.2 Å².